The average molecular weight is 360 g/mol. The summed E-state index contributed by atoms with van der Waals surface area (Å²) in [6.07, 6.45) is 0. The van der Waals surface area contributed by atoms with E-state index in [-0.39, 0.29) is 12.4 Å². The fraction of sp³-hybridized carbons (Fsp3) is 0.100. The van der Waals surface area contributed by atoms with Gasteiger partial charge < -0.3 is 9.26 Å². The van der Waals surface area contributed by atoms with Crippen LogP contribution in [-0.4, -0.2) is 25.9 Å². The van der Waals surface area contributed by atoms with Gasteiger partial charge in [-0.2, -0.15) is 0 Å². The Morgan fingerprint density at radius 3 is 2.44 bits per heavy atom. The average Bonchev–Trinajstić information content (AvgIpc) is 3.34. The Bertz CT molecular complexity index is 998. The van der Waals surface area contributed by atoms with Gasteiger partial charge in [-0.1, -0.05) is 53.7 Å². The molecule has 0 aliphatic carbocycles. The van der Waals surface area contributed by atoms with Crippen LogP contribution in [0.2, 0.25) is 0 Å². The van der Waals surface area contributed by atoms with Crippen LogP contribution in [0, 0.1) is 6.92 Å². The minimum atomic E-state index is -0.623. The van der Waals surface area contributed by atoms with Gasteiger partial charge in [0.25, 0.3) is 5.82 Å². The maximum absolute atomic E-state index is 12.4. The molecule has 0 aliphatic rings. The fourth-order valence-corrected chi connectivity index (χ4v) is 2.61. The summed E-state index contributed by atoms with van der Waals surface area (Å²) in [5, 5.41) is 8.16. The summed E-state index contributed by atoms with van der Waals surface area (Å²) in [5.74, 6) is 0.574. The Labute approximate surface area is 155 Å². The minimum Gasteiger partial charge on any atom is -0.453 e. The van der Waals surface area contributed by atoms with Gasteiger partial charge in [0, 0.05) is 11.6 Å². The van der Waals surface area contributed by atoms with Crippen LogP contribution in [-0.2, 0) is 11.3 Å². The van der Waals surface area contributed by atoms with Crippen LogP contribution in [0.3, 0.4) is 0 Å². The largest absolute Gasteiger partial charge is 0.453 e. The molecule has 0 N–H and O–H groups in total. The van der Waals surface area contributed by atoms with Crippen LogP contribution in [0.25, 0.3) is 17.1 Å². The van der Waals surface area contributed by atoms with Crippen molar-refractivity contribution in [2.45, 2.75) is 13.5 Å². The predicted octanol–water partition coefficient (Wildman–Crippen LogP) is 3.59. The molecule has 0 saturated heterocycles. The lowest BCUT2D eigenvalue weighted by Crippen LogP contribution is -2.08. The molecule has 2 heterocycles. The molecule has 0 fully saturated rings. The third kappa shape index (κ3) is 3.62. The number of ether oxygens (including phenoxy) is 1. The summed E-state index contributed by atoms with van der Waals surface area (Å²) in [4.78, 5) is 16.8. The van der Waals surface area contributed by atoms with Gasteiger partial charge in [-0.25, -0.2) is 14.5 Å². The van der Waals surface area contributed by atoms with Gasteiger partial charge in [-0.3, -0.25) is 0 Å². The van der Waals surface area contributed by atoms with E-state index in [1.807, 2.05) is 60.7 Å². The second-order valence-corrected chi connectivity index (χ2v) is 5.88. The second-order valence-electron chi connectivity index (χ2n) is 5.88. The third-order valence-corrected chi connectivity index (χ3v) is 3.85. The van der Waals surface area contributed by atoms with Crippen molar-refractivity contribution >= 4 is 5.97 Å². The first-order valence-electron chi connectivity index (χ1n) is 8.38. The molecule has 0 bridgehead atoms. The number of hydrogen-bond acceptors (Lipinski definition) is 6. The maximum atomic E-state index is 12.4. The lowest BCUT2D eigenvalue weighted by Gasteiger charge is -2.05. The normalized spacial score (nSPS) is 10.7. The van der Waals surface area contributed by atoms with Gasteiger partial charge >= 0.3 is 5.97 Å². The summed E-state index contributed by atoms with van der Waals surface area (Å²) in [5.41, 5.74) is 2.18. The molecule has 4 aromatic rings. The van der Waals surface area contributed by atoms with Crippen LogP contribution in [0.4, 0.5) is 0 Å². The third-order valence-electron chi connectivity index (χ3n) is 3.85. The Kier molecular flexibility index (Phi) is 4.49. The van der Waals surface area contributed by atoms with Gasteiger partial charge in [0.15, 0.2) is 5.82 Å². The molecule has 0 amide bonds. The number of para-hydroxylation sites is 1. The molecule has 2 aromatic carbocycles. The quantitative estimate of drug-likeness (QED) is 0.506. The molecular weight excluding hydrogens is 344 g/mol. The topological polar surface area (TPSA) is 83.0 Å². The summed E-state index contributed by atoms with van der Waals surface area (Å²) >= 11 is 0. The molecule has 0 unspecified atom stereocenters. The Balaban J connectivity index is 1.65. The molecular formula is C20H16N4O3. The number of nitrogens with zero attached hydrogens (tertiary/aromatic N) is 4. The van der Waals surface area contributed by atoms with Gasteiger partial charge in [-0.15, -0.1) is 5.10 Å². The first-order valence-corrected chi connectivity index (χ1v) is 8.38. The van der Waals surface area contributed by atoms with Gasteiger partial charge in [-0.05, 0) is 19.1 Å². The minimum absolute atomic E-state index is 0.00325. The molecule has 2 aromatic heterocycles. The van der Waals surface area contributed by atoms with Crippen LogP contribution in [0.15, 0.2) is 71.3 Å². The molecule has 7 heteroatoms. The highest BCUT2D eigenvalue weighted by atomic mass is 16.5. The van der Waals surface area contributed by atoms with E-state index in [2.05, 4.69) is 15.2 Å². The first-order chi connectivity index (χ1) is 13.2. The van der Waals surface area contributed by atoms with E-state index in [0.29, 0.717) is 17.3 Å². The molecule has 0 radical (unpaired) electrons. The van der Waals surface area contributed by atoms with Crippen molar-refractivity contribution in [3.8, 4) is 17.1 Å². The van der Waals surface area contributed by atoms with Crippen molar-refractivity contribution in [2.75, 3.05) is 0 Å². The van der Waals surface area contributed by atoms with Crippen LogP contribution < -0.4 is 0 Å². The highest BCUT2D eigenvalue weighted by Crippen LogP contribution is 2.21. The Morgan fingerprint density at radius 1 is 1.07 bits per heavy atom. The van der Waals surface area contributed by atoms with E-state index in [0.717, 1.165) is 11.3 Å². The van der Waals surface area contributed by atoms with E-state index in [1.165, 1.54) is 0 Å². The van der Waals surface area contributed by atoms with Crippen molar-refractivity contribution in [1.82, 2.24) is 19.9 Å². The van der Waals surface area contributed by atoms with Crippen LogP contribution in [0.1, 0.15) is 22.1 Å². The van der Waals surface area contributed by atoms with Crippen molar-refractivity contribution in [3.63, 3.8) is 0 Å². The second kappa shape index (κ2) is 7.25. The molecule has 0 saturated carbocycles. The molecule has 4 rings (SSSR count). The molecule has 0 aliphatic heterocycles. The van der Waals surface area contributed by atoms with Crippen molar-refractivity contribution in [1.29, 1.82) is 0 Å². The monoisotopic (exact) mass is 360 g/mol. The molecule has 134 valence electrons. The zero-order chi connectivity index (χ0) is 18.6. The van der Waals surface area contributed by atoms with Crippen molar-refractivity contribution in [2.24, 2.45) is 0 Å². The standard InChI is InChI=1S/C20H16N4O3/c1-14-12-16(23-27-14)13-26-20(25)18-21-19(15-8-4-2-5-9-15)24(22-18)17-10-6-3-7-11-17/h2-12H,13H2,1H3. The van der Waals surface area contributed by atoms with E-state index >= 15 is 0 Å². The van der Waals surface area contributed by atoms with E-state index in [4.69, 9.17) is 9.26 Å². The number of aromatic nitrogens is 4. The summed E-state index contributed by atoms with van der Waals surface area (Å²) in [6.45, 7) is 1.77. The van der Waals surface area contributed by atoms with Gasteiger partial charge in [0.1, 0.15) is 18.1 Å². The summed E-state index contributed by atoms with van der Waals surface area (Å²) in [6, 6.07) is 20.8. The number of rotatable bonds is 5. The van der Waals surface area contributed by atoms with Crippen LogP contribution >= 0.6 is 0 Å². The number of carbonyl (C=O) groups excluding carboxylic acids is 1. The Morgan fingerprint density at radius 2 is 1.78 bits per heavy atom. The van der Waals surface area contributed by atoms with Crippen molar-refractivity contribution < 1.29 is 14.1 Å². The number of esters is 1. The summed E-state index contributed by atoms with van der Waals surface area (Å²) in [7, 11) is 0. The molecule has 0 atom stereocenters. The summed E-state index contributed by atoms with van der Waals surface area (Å²) < 4.78 is 11.9. The zero-order valence-electron chi connectivity index (χ0n) is 14.6. The highest BCUT2D eigenvalue weighted by Gasteiger charge is 2.20. The van der Waals surface area contributed by atoms with Crippen molar-refractivity contribution in [3.05, 3.63) is 84.0 Å². The lowest BCUT2D eigenvalue weighted by molar-refractivity contribution is 0.0450. The number of hydrogen-bond donors (Lipinski definition) is 0. The first kappa shape index (κ1) is 16.7. The fourth-order valence-electron chi connectivity index (χ4n) is 2.61. The maximum Gasteiger partial charge on any atom is 0.378 e. The predicted molar refractivity (Wildman–Crippen MR) is 97.2 cm³/mol. The smallest absolute Gasteiger partial charge is 0.378 e. The van der Waals surface area contributed by atoms with Crippen LogP contribution in [0.5, 0.6) is 0 Å². The van der Waals surface area contributed by atoms with E-state index in [9.17, 15) is 4.79 Å². The SMILES string of the molecule is Cc1cc(COC(=O)c2nc(-c3ccccc3)n(-c3ccccc3)n2)no1. The number of aryl methyl sites for hydroxylation is 1. The molecule has 7 nitrogen and oxygen atoms in total. The van der Waals surface area contributed by atoms with Gasteiger partial charge in [0.2, 0.25) is 0 Å². The number of carbonyl (C=O) groups is 1. The highest BCUT2D eigenvalue weighted by molar-refractivity contribution is 5.86. The van der Waals surface area contributed by atoms with Gasteiger partial charge in [0.05, 0.1) is 5.69 Å². The number of benzene rings is 2. The lowest BCUT2D eigenvalue weighted by atomic mass is 10.2. The molecule has 0 spiro atoms. The Hall–Kier alpha value is -3.74. The zero-order valence-corrected chi connectivity index (χ0v) is 14.6. The molecule has 27 heavy (non-hydrogen) atoms. The van der Waals surface area contributed by atoms with E-state index < -0.39 is 5.97 Å². The van der Waals surface area contributed by atoms with E-state index in [1.54, 1.807) is 17.7 Å².